The van der Waals surface area contributed by atoms with Crippen LogP contribution in [0.3, 0.4) is 0 Å². The second-order valence-corrected chi connectivity index (χ2v) is 10.00. The number of hydrogen-bond donors (Lipinski definition) is 1. The SMILES string of the molecule is COC(=O)c1cc(C#C[Si](C)(C)C)c(O)cc1Cl. The maximum Gasteiger partial charge on any atom is 0.339 e. The van der Waals surface area contributed by atoms with Crippen LogP contribution in [0.1, 0.15) is 15.9 Å². The van der Waals surface area contributed by atoms with Crippen LogP contribution in [0, 0.1) is 11.5 Å². The van der Waals surface area contributed by atoms with E-state index in [2.05, 4.69) is 35.8 Å². The van der Waals surface area contributed by atoms with Crippen LogP contribution in [-0.4, -0.2) is 26.3 Å². The van der Waals surface area contributed by atoms with E-state index >= 15 is 0 Å². The first kappa shape index (κ1) is 14.6. The first-order valence-electron chi connectivity index (χ1n) is 5.38. The third-order valence-corrected chi connectivity index (χ3v) is 3.25. The smallest absolute Gasteiger partial charge is 0.339 e. The Bertz CT molecular complexity index is 536. The maximum atomic E-state index is 11.5. The first-order chi connectivity index (χ1) is 8.24. The number of esters is 1. The average Bonchev–Trinajstić information content (AvgIpc) is 2.25. The monoisotopic (exact) mass is 282 g/mol. The Morgan fingerprint density at radius 2 is 2.00 bits per heavy atom. The van der Waals surface area contributed by atoms with Crippen molar-refractivity contribution in [1.82, 2.24) is 0 Å². The van der Waals surface area contributed by atoms with Crippen LogP contribution in [0.5, 0.6) is 5.75 Å². The number of aromatic hydroxyl groups is 1. The summed E-state index contributed by atoms with van der Waals surface area (Å²) in [6, 6.07) is 2.76. The molecule has 0 saturated heterocycles. The molecule has 18 heavy (non-hydrogen) atoms. The van der Waals surface area contributed by atoms with Crippen molar-refractivity contribution in [3.8, 4) is 17.2 Å². The number of methoxy groups -OCH3 is 1. The van der Waals surface area contributed by atoms with Crippen LogP contribution in [0.2, 0.25) is 24.7 Å². The summed E-state index contributed by atoms with van der Waals surface area (Å²) in [5.74, 6) is 2.32. The fraction of sp³-hybridized carbons (Fsp3) is 0.308. The van der Waals surface area contributed by atoms with E-state index in [0.717, 1.165) is 0 Å². The summed E-state index contributed by atoms with van der Waals surface area (Å²) in [4.78, 5) is 11.5. The van der Waals surface area contributed by atoms with Gasteiger partial charge in [0.1, 0.15) is 13.8 Å². The van der Waals surface area contributed by atoms with Gasteiger partial charge in [0.15, 0.2) is 0 Å². The van der Waals surface area contributed by atoms with Gasteiger partial charge in [-0.25, -0.2) is 4.79 Å². The summed E-state index contributed by atoms with van der Waals surface area (Å²) >= 11 is 5.86. The van der Waals surface area contributed by atoms with Crippen molar-refractivity contribution in [3.05, 3.63) is 28.3 Å². The molecule has 0 amide bonds. The predicted molar refractivity (Wildman–Crippen MR) is 74.7 cm³/mol. The molecule has 1 N–H and O–H groups in total. The average molecular weight is 283 g/mol. The van der Waals surface area contributed by atoms with E-state index in [9.17, 15) is 9.90 Å². The third kappa shape index (κ3) is 3.79. The van der Waals surface area contributed by atoms with Crippen molar-refractivity contribution < 1.29 is 14.6 Å². The minimum Gasteiger partial charge on any atom is -0.507 e. The molecule has 0 aliphatic carbocycles. The molecule has 0 unspecified atom stereocenters. The van der Waals surface area contributed by atoms with Crippen LogP contribution in [0.15, 0.2) is 12.1 Å². The van der Waals surface area contributed by atoms with Gasteiger partial charge in [0.2, 0.25) is 0 Å². The molecule has 3 nitrogen and oxygen atoms in total. The van der Waals surface area contributed by atoms with E-state index in [1.54, 1.807) is 0 Å². The van der Waals surface area contributed by atoms with Gasteiger partial charge in [0.25, 0.3) is 0 Å². The highest BCUT2D eigenvalue weighted by Gasteiger charge is 2.14. The molecule has 0 fully saturated rings. The van der Waals surface area contributed by atoms with E-state index in [0.29, 0.717) is 5.56 Å². The summed E-state index contributed by atoms with van der Waals surface area (Å²) in [6.45, 7) is 6.27. The molecule has 96 valence electrons. The lowest BCUT2D eigenvalue weighted by molar-refractivity contribution is 0.0601. The van der Waals surface area contributed by atoms with Gasteiger partial charge in [-0.2, -0.15) is 0 Å². The van der Waals surface area contributed by atoms with Gasteiger partial charge in [-0.15, -0.1) is 5.54 Å². The number of phenolic OH excluding ortho intramolecular Hbond substituents is 1. The molecule has 0 aromatic heterocycles. The quantitative estimate of drug-likeness (QED) is 0.489. The van der Waals surface area contributed by atoms with E-state index in [1.807, 2.05) is 0 Å². The first-order valence-corrected chi connectivity index (χ1v) is 9.26. The number of benzene rings is 1. The van der Waals surface area contributed by atoms with Crippen molar-refractivity contribution in [3.63, 3.8) is 0 Å². The van der Waals surface area contributed by atoms with Crippen molar-refractivity contribution in [1.29, 1.82) is 0 Å². The molecule has 0 aliphatic heterocycles. The highest BCUT2D eigenvalue weighted by Crippen LogP contribution is 2.26. The molecule has 0 heterocycles. The topological polar surface area (TPSA) is 46.5 Å². The maximum absolute atomic E-state index is 11.5. The van der Waals surface area contributed by atoms with E-state index in [1.165, 1.54) is 19.2 Å². The lowest BCUT2D eigenvalue weighted by Crippen LogP contribution is -2.16. The Morgan fingerprint density at radius 3 is 2.50 bits per heavy atom. The molecule has 1 rings (SSSR count). The lowest BCUT2D eigenvalue weighted by Gasteiger charge is -2.06. The number of ether oxygens (including phenoxy) is 1. The minimum absolute atomic E-state index is 0.0293. The van der Waals surface area contributed by atoms with Gasteiger partial charge in [0.05, 0.1) is 23.3 Å². The van der Waals surface area contributed by atoms with E-state index in [-0.39, 0.29) is 16.3 Å². The Balaban J connectivity index is 3.28. The normalized spacial score (nSPS) is 10.5. The Kier molecular flexibility index (Phi) is 4.44. The molecule has 0 spiro atoms. The van der Waals surface area contributed by atoms with Crippen LogP contribution in [-0.2, 0) is 4.74 Å². The Hall–Kier alpha value is -1.44. The number of phenols is 1. The largest absolute Gasteiger partial charge is 0.507 e. The third-order valence-electron chi connectivity index (χ3n) is 2.06. The zero-order chi connectivity index (χ0) is 13.9. The molecule has 0 atom stereocenters. The Labute approximate surface area is 113 Å². The minimum atomic E-state index is -1.55. The lowest BCUT2D eigenvalue weighted by atomic mass is 10.1. The second kappa shape index (κ2) is 5.47. The summed E-state index contributed by atoms with van der Waals surface area (Å²) < 4.78 is 4.61. The van der Waals surface area contributed by atoms with Gasteiger partial charge in [-0.3, -0.25) is 0 Å². The summed E-state index contributed by atoms with van der Waals surface area (Å²) in [5.41, 5.74) is 3.71. The van der Waals surface area contributed by atoms with Gasteiger partial charge in [0, 0.05) is 6.07 Å². The second-order valence-electron chi connectivity index (χ2n) is 4.84. The highest BCUT2D eigenvalue weighted by molar-refractivity contribution is 6.83. The highest BCUT2D eigenvalue weighted by atomic mass is 35.5. The van der Waals surface area contributed by atoms with E-state index in [4.69, 9.17) is 11.6 Å². The molecular formula is C13H15ClO3Si. The fourth-order valence-corrected chi connectivity index (χ4v) is 1.93. The molecule has 1 aromatic rings. The molecule has 0 radical (unpaired) electrons. The summed E-state index contributed by atoms with van der Waals surface area (Å²) in [7, 11) is -0.274. The zero-order valence-corrected chi connectivity index (χ0v) is 12.6. The summed E-state index contributed by atoms with van der Waals surface area (Å²) in [5, 5.41) is 9.89. The molecule has 5 heteroatoms. The Morgan fingerprint density at radius 1 is 1.39 bits per heavy atom. The number of carbonyl (C=O) groups is 1. The van der Waals surface area contributed by atoms with Crippen molar-refractivity contribution in [2.24, 2.45) is 0 Å². The van der Waals surface area contributed by atoms with Crippen molar-refractivity contribution in [2.75, 3.05) is 7.11 Å². The number of halogens is 1. The van der Waals surface area contributed by atoms with Gasteiger partial charge < -0.3 is 9.84 Å². The predicted octanol–water partition coefficient (Wildman–Crippen LogP) is 3.06. The van der Waals surface area contributed by atoms with Gasteiger partial charge in [-0.05, 0) is 6.07 Å². The fourth-order valence-electron chi connectivity index (χ4n) is 1.18. The zero-order valence-electron chi connectivity index (χ0n) is 10.8. The summed E-state index contributed by atoms with van der Waals surface area (Å²) in [6.07, 6.45) is 0. The number of carbonyl (C=O) groups excluding carboxylic acids is 1. The molecule has 1 aromatic carbocycles. The molecule has 0 saturated carbocycles. The van der Waals surface area contributed by atoms with Crippen molar-refractivity contribution in [2.45, 2.75) is 19.6 Å². The molecule has 0 bridgehead atoms. The van der Waals surface area contributed by atoms with E-state index < -0.39 is 14.0 Å². The van der Waals surface area contributed by atoms with Crippen LogP contribution in [0.4, 0.5) is 0 Å². The van der Waals surface area contributed by atoms with Crippen LogP contribution in [0.25, 0.3) is 0 Å². The standard InChI is InChI=1S/C13H15ClO3Si/c1-17-13(16)10-7-9(5-6-18(2,3)4)12(15)8-11(10)14/h7-8,15H,1-4H3. The molecule has 0 aliphatic rings. The van der Waals surface area contributed by atoms with Gasteiger partial charge in [-0.1, -0.05) is 37.2 Å². The number of hydrogen-bond acceptors (Lipinski definition) is 3. The van der Waals surface area contributed by atoms with Crippen molar-refractivity contribution >= 4 is 25.6 Å². The van der Waals surface area contributed by atoms with Crippen LogP contribution >= 0.6 is 11.6 Å². The van der Waals surface area contributed by atoms with Crippen LogP contribution < -0.4 is 0 Å². The van der Waals surface area contributed by atoms with Gasteiger partial charge >= 0.3 is 5.97 Å². The number of rotatable bonds is 1. The molecular weight excluding hydrogens is 268 g/mol.